The predicted molar refractivity (Wildman–Crippen MR) is 78.6 cm³/mol. The van der Waals surface area contributed by atoms with Crippen molar-refractivity contribution in [1.29, 1.82) is 0 Å². The van der Waals surface area contributed by atoms with E-state index in [-0.39, 0.29) is 11.5 Å². The molecule has 1 aromatic heterocycles. The Morgan fingerprint density at radius 1 is 1.10 bits per heavy atom. The van der Waals surface area contributed by atoms with Gasteiger partial charge in [0.05, 0.1) is 4.90 Å². The Kier molecular flexibility index (Phi) is 5.11. The molecule has 0 aliphatic heterocycles. The third kappa shape index (κ3) is 4.13. The first kappa shape index (κ1) is 15.7. The van der Waals surface area contributed by atoms with Gasteiger partial charge in [0.2, 0.25) is 10.0 Å². The van der Waals surface area contributed by atoms with Gasteiger partial charge in [-0.05, 0) is 43.5 Å². The molecule has 21 heavy (non-hydrogen) atoms. The molecule has 2 N–H and O–H groups in total. The summed E-state index contributed by atoms with van der Waals surface area (Å²) in [6, 6.07) is 7.12. The quantitative estimate of drug-likeness (QED) is 0.592. The number of unbranched alkanes of at least 4 members (excludes halogenated alkanes) is 2. The van der Waals surface area contributed by atoms with E-state index in [1.54, 1.807) is 0 Å². The second kappa shape index (κ2) is 6.84. The van der Waals surface area contributed by atoms with Crippen molar-refractivity contribution >= 4 is 21.0 Å². The van der Waals surface area contributed by atoms with E-state index < -0.39 is 15.6 Å². The maximum Gasteiger partial charge on any atom is 0.336 e. The van der Waals surface area contributed by atoms with Crippen LogP contribution in [-0.2, 0) is 10.0 Å². The van der Waals surface area contributed by atoms with Crippen molar-refractivity contribution in [2.45, 2.75) is 24.2 Å². The monoisotopic (exact) mass is 311 g/mol. The fraction of sp³-hybridized carbons (Fsp3) is 0.357. The van der Waals surface area contributed by atoms with Gasteiger partial charge >= 0.3 is 5.63 Å². The van der Waals surface area contributed by atoms with Gasteiger partial charge < -0.3 is 9.52 Å². The summed E-state index contributed by atoms with van der Waals surface area (Å²) < 4.78 is 31.7. The summed E-state index contributed by atoms with van der Waals surface area (Å²) in [5.74, 6) is 0. The zero-order chi connectivity index (χ0) is 15.3. The van der Waals surface area contributed by atoms with Crippen molar-refractivity contribution in [3.8, 4) is 0 Å². The molecule has 1 heterocycles. The number of hydrogen-bond acceptors (Lipinski definition) is 5. The van der Waals surface area contributed by atoms with Gasteiger partial charge in [0.1, 0.15) is 5.58 Å². The van der Waals surface area contributed by atoms with E-state index in [1.165, 1.54) is 30.3 Å². The Morgan fingerprint density at radius 2 is 1.90 bits per heavy atom. The van der Waals surface area contributed by atoms with Crippen LogP contribution in [0, 0.1) is 0 Å². The van der Waals surface area contributed by atoms with Crippen LogP contribution in [0.5, 0.6) is 0 Å². The fourth-order valence-corrected chi connectivity index (χ4v) is 3.03. The number of fused-ring (bicyclic) bond motifs is 1. The van der Waals surface area contributed by atoms with Crippen LogP contribution in [0.4, 0.5) is 0 Å². The number of aliphatic hydroxyl groups is 1. The normalized spacial score (nSPS) is 11.9. The Morgan fingerprint density at radius 3 is 2.67 bits per heavy atom. The van der Waals surface area contributed by atoms with Gasteiger partial charge in [-0.15, -0.1) is 0 Å². The molecule has 0 amide bonds. The molecule has 0 saturated heterocycles. The number of benzene rings is 1. The SMILES string of the molecule is O=c1ccc2cc(S(=O)(=O)NCCCCCO)ccc2o1. The molecule has 114 valence electrons. The van der Waals surface area contributed by atoms with Crippen LogP contribution in [0.3, 0.4) is 0 Å². The molecule has 0 unspecified atom stereocenters. The van der Waals surface area contributed by atoms with E-state index in [0.717, 1.165) is 6.42 Å². The van der Waals surface area contributed by atoms with E-state index >= 15 is 0 Å². The first-order valence-corrected chi connectivity index (χ1v) is 8.16. The average Bonchev–Trinajstić information content (AvgIpc) is 2.46. The maximum absolute atomic E-state index is 12.1. The van der Waals surface area contributed by atoms with Crippen LogP contribution in [0.2, 0.25) is 0 Å². The van der Waals surface area contributed by atoms with Gasteiger partial charge in [0.15, 0.2) is 0 Å². The summed E-state index contributed by atoms with van der Waals surface area (Å²) in [6.07, 6.45) is 2.10. The molecule has 0 aliphatic carbocycles. The van der Waals surface area contributed by atoms with E-state index in [4.69, 9.17) is 9.52 Å². The van der Waals surface area contributed by atoms with Crippen molar-refractivity contribution in [3.63, 3.8) is 0 Å². The van der Waals surface area contributed by atoms with Crippen LogP contribution in [0.1, 0.15) is 19.3 Å². The van der Waals surface area contributed by atoms with Crippen LogP contribution in [0.25, 0.3) is 11.0 Å². The number of aliphatic hydroxyl groups excluding tert-OH is 1. The largest absolute Gasteiger partial charge is 0.423 e. The highest BCUT2D eigenvalue weighted by atomic mass is 32.2. The lowest BCUT2D eigenvalue weighted by Gasteiger charge is -2.07. The van der Waals surface area contributed by atoms with E-state index in [1.807, 2.05) is 0 Å². The van der Waals surface area contributed by atoms with Gasteiger partial charge in [-0.2, -0.15) is 0 Å². The summed E-state index contributed by atoms with van der Waals surface area (Å²) in [4.78, 5) is 11.2. The van der Waals surface area contributed by atoms with Crippen LogP contribution >= 0.6 is 0 Å². The number of nitrogens with one attached hydrogen (secondary N) is 1. The molecule has 0 saturated carbocycles. The summed E-state index contributed by atoms with van der Waals surface area (Å²) >= 11 is 0. The van der Waals surface area contributed by atoms with E-state index in [0.29, 0.717) is 30.4 Å². The predicted octanol–water partition coefficient (Wildman–Crippen LogP) is 1.23. The smallest absolute Gasteiger partial charge is 0.336 e. The van der Waals surface area contributed by atoms with Crippen molar-refractivity contribution < 1.29 is 17.9 Å². The minimum absolute atomic E-state index is 0.114. The van der Waals surface area contributed by atoms with Gasteiger partial charge in [-0.1, -0.05) is 0 Å². The fourth-order valence-electron chi connectivity index (χ4n) is 1.92. The van der Waals surface area contributed by atoms with Gasteiger partial charge in [0.25, 0.3) is 0 Å². The Hall–Kier alpha value is -1.70. The van der Waals surface area contributed by atoms with Crippen molar-refractivity contribution in [1.82, 2.24) is 4.72 Å². The third-order valence-corrected chi connectivity index (χ3v) is 4.49. The molecule has 6 nitrogen and oxygen atoms in total. The lowest BCUT2D eigenvalue weighted by atomic mass is 10.2. The Balaban J connectivity index is 2.12. The van der Waals surface area contributed by atoms with Crippen molar-refractivity contribution in [2.24, 2.45) is 0 Å². The van der Waals surface area contributed by atoms with Crippen molar-refractivity contribution in [2.75, 3.05) is 13.2 Å². The lowest BCUT2D eigenvalue weighted by Crippen LogP contribution is -2.24. The molecule has 0 fully saturated rings. The molecule has 2 rings (SSSR count). The highest BCUT2D eigenvalue weighted by Gasteiger charge is 2.14. The summed E-state index contributed by atoms with van der Waals surface area (Å²) in [6.45, 7) is 0.437. The number of sulfonamides is 1. The van der Waals surface area contributed by atoms with E-state index in [9.17, 15) is 13.2 Å². The summed E-state index contributed by atoms with van der Waals surface area (Å²) in [5.41, 5.74) is -0.121. The highest BCUT2D eigenvalue weighted by molar-refractivity contribution is 7.89. The molecule has 7 heteroatoms. The second-order valence-corrected chi connectivity index (χ2v) is 6.40. The van der Waals surface area contributed by atoms with Gasteiger partial charge in [-0.25, -0.2) is 17.9 Å². The number of rotatable bonds is 7. The highest BCUT2D eigenvalue weighted by Crippen LogP contribution is 2.17. The molecule has 0 spiro atoms. The molecular weight excluding hydrogens is 294 g/mol. The first-order chi connectivity index (χ1) is 10.0. The third-order valence-electron chi connectivity index (χ3n) is 3.03. The second-order valence-electron chi connectivity index (χ2n) is 4.64. The van der Waals surface area contributed by atoms with Crippen LogP contribution < -0.4 is 10.3 Å². The number of hydrogen-bond donors (Lipinski definition) is 2. The Labute approximate surface area is 122 Å². The zero-order valence-electron chi connectivity index (χ0n) is 11.4. The molecule has 0 aliphatic rings. The zero-order valence-corrected chi connectivity index (χ0v) is 12.2. The molecular formula is C14H17NO5S. The minimum atomic E-state index is -3.58. The first-order valence-electron chi connectivity index (χ1n) is 6.67. The lowest BCUT2D eigenvalue weighted by molar-refractivity contribution is 0.283. The molecule has 0 radical (unpaired) electrons. The topological polar surface area (TPSA) is 96.6 Å². The van der Waals surface area contributed by atoms with Gasteiger partial charge in [0, 0.05) is 24.6 Å². The standard InChI is InChI=1S/C14H17NO5S/c16-9-3-1-2-8-15-21(18,19)12-5-6-13-11(10-12)4-7-14(17)20-13/h4-7,10,15-16H,1-3,8-9H2. The van der Waals surface area contributed by atoms with Crippen molar-refractivity contribution in [3.05, 3.63) is 40.8 Å². The molecule has 1 aromatic carbocycles. The van der Waals surface area contributed by atoms with Crippen LogP contribution in [0.15, 0.2) is 44.4 Å². The summed E-state index contributed by atoms with van der Waals surface area (Å²) in [5, 5.41) is 9.21. The molecule has 0 atom stereocenters. The maximum atomic E-state index is 12.1. The minimum Gasteiger partial charge on any atom is -0.423 e. The van der Waals surface area contributed by atoms with Crippen LogP contribution in [-0.4, -0.2) is 26.7 Å². The summed E-state index contributed by atoms with van der Waals surface area (Å²) in [7, 11) is -3.58. The van der Waals surface area contributed by atoms with E-state index in [2.05, 4.69) is 4.72 Å². The Bertz CT molecular complexity index is 766. The molecule has 0 bridgehead atoms. The van der Waals surface area contributed by atoms with Gasteiger partial charge in [-0.3, -0.25) is 0 Å². The average molecular weight is 311 g/mol. The molecule has 2 aromatic rings.